The summed E-state index contributed by atoms with van der Waals surface area (Å²) in [7, 11) is 0. The summed E-state index contributed by atoms with van der Waals surface area (Å²) >= 11 is 0. The molecule has 0 radical (unpaired) electrons. The van der Waals surface area contributed by atoms with Crippen molar-refractivity contribution in [1.82, 2.24) is 4.57 Å². The zero-order valence-electron chi connectivity index (χ0n) is 35.8. The van der Waals surface area contributed by atoms with Crippen molar-refractivity contribution >= 4 is 75.4 Å². The molecule has 0 unspecified atom stereocenters. The molecular formula is C52H61NO2. The monoisotopic (exact) mass is 731 g/mol. The summed E-state index contributed by atoms with van der Waals surface area (Å²) in [5, 5.41) is 14.8. The van der Waals surface area contributed by atoms with Gasteiger partial charge in [-0.1, -0.05) is 146 Å². The molecule has 7 aromatic carbocycles. The lowest BCUT2D eigenvalue weighted by atomic mass is 9.82. The lowest BCUT2D eigenvalue weighted by molar-refractivity contribution is 0.548. The summed E-state index contributed by atoms with van der Waals surface area (Å²) in [6.45, 7) is 30.1. The number of hydrogen-bond acceptors (Lipinski definition) is 2. The first-order valence-corrected chi connectivity index (χ1v) is 21.0. The summed E-state index contributed by atoms with van der Waals surface area (Å²) in [6.07, 6.45) is 6.61. The van der Waals surface area contributed by atoms with Gasteiger partial charge in [-0.3, -0.25) is 14.2 Å². The first kappa shape index (κ1) is 37.7. The molecule has 3 heteroatoms. The lowest BCUT2D eigenvalue weighted by Gasteiger charge is -2.23. The van der Waals surface area contributed by atoms with Gasteiger partial charge < -0.3 is 0 Å². The fourth-order valence-electron chi connectivity index (χ4n) is 9.42. The summed E-state index contributed by atoms with van der Waals surface area (Å²) in [5.41, 5.74) is 4.39. The summed E-state index contributed by atoms with van der Waals surface area (Å²) in [5.74, 6) is 0. The van der Waals surface area contributed by atoms with Crippen LogP contribution in [-0.4, -0.2) is 4.57 Å². The molecule has 0 spiro atoms. The molecule has 0 bridgehead atoms. The van der Waals surface area contributed by atoms with Crippen LogP contribution in [0.4, 0.5) is 0 Å². The third-order valence-corrected chi connectivity index (χ3v) is 12.8. The average Bonchev–Trinajstić information content (AvgIpc) is 3.67. The molecule has 8 aromatic rings. The Morgan fingerprint density at radius 1 is 0.382 bits per heavy atom. The van der Waals surface area contributed by atoms with Gasteiger partial charge in [-0.25, -0.2) is 0 Å². The molecule has 0 fully saturated rings. The maximum atomic E-state index is 15.1. The van der Waals surface area contributed by atoms with Crippen LogP contribution in [0.25, 0.3) is 75.4 Å². The van der Waals surface area contributed by atoms with E-state index in [1.807, 2.05) is 0 Å². The van der Waals surface area contributed by atoms with Crippen LogP contribution in [0.1, 0.15) is 151 Å². The molecule has 0 aliphatic carbocycles. The van der Waals surface area contributed by atoms with Gasteiger partial charge in [0.15, 0.2) is 0 Å². The number of nitrogens with zero attached hydrogens (tertiary/aromatic N) is 1. The third-order valence-electron chi connectivity index (χ3n) is 12.8. The van der Waals surface area contributed by atoms with Gasteiger partial charge in [-0.2, -0.15) is 0 Å². The maximum Gasteiger partial charge on any atom is 0.262 e. The maximum absolute atomic E-state index is 15.1. The number of aromatic nitrogens is 1. The van der Waals surface area contributed by atoms with Crippen molar-refractivity contribution in [2.24, 2.45) is 0 Å². The Bertz CT molecular complexity index is 2710. The minimum atomic E-state index is -0.125. The Hall–Kier alpha value is -4.24. The van der Waals surface area contributed by atoms with E-state index in [0.717, 1.165) is 51.6 Å². The number of fused-ring (bicyclic) bond motifs is 10. The Kier molecular flexibility index (Phi) is 8.48. The zero-order chi connectivity index (χ0) is 39.7. The van der Waals surface area contributed by atoms with Gasteiger partial charge in [0, 0.05) is 17.3 Å². The van der Waals surface area contributed by atoms with Gasteiger partial charge in [-0.15, -0.1) is 0 Å². The molecule has 0 aliphatic heterocycles. The molecule has 0 amide bonds. The molecular weight excluding hydrogens is 671 g/mol. The second-order valence-corrected chi connectivity index (χ2v) is 21.1. The molecule has 3 nitrogen and oxygen atoms in total. The van der Waals surface area contributed by atoms with E-state index in [1.165, 1.54) is 73.8 Å². The average molecular weight is 732 g/mol. The van der Waals surface area contributed by atoms with E-state index in [1.54, 1.807) is 4.57 Å². The van der Waals surface area contributed by atoms with Crippen LogP contribution in [0.2, 0.25) is 0 Å². The highest BCUT2D eigenvalue weighted by molar-refractivity contribution is 6.50. The largest absolute Gasteiger partial charge is 0.274 e. The van der Waals surface area contributed by atoms with Gasteiger partial charge in [0.25, 0.3) is 11.1 Å². The predicted octanol–water partition coefficient (Wildman–Crippen LogP) is 14.1. The van der Waals surface area contributed by atoms with Gasteiger partial charge in [-0.05, 0) is 128 Å². The molecule has 0 atom stereocenters. The smallest absolute Gasteiger partial charge is 0.262 e. The normalized spacial score (nSPS) is 13.8. The summed E-state index contributed by atoms with van der Waals surface area (Å²) < 4.78 is 1.60. The van der Waals surface area contributed by atoms with Crippen LogP contribution in [-0.2, 0) is 28.2 Å². The third kappa shape index (κ3) is 5.81. The highest BCUT2D eigenvalue weighted by Crippen LogP contribution is 2.53. The van der Waals surface area contributed by atoms with Crippen LogP contribution in [0, 0.1) is 0 Å². The molecule has 0 saturated heterocycles. The van der Waals surface area contributed by atoms with E-state index in [4.69, 9.17) is 0 Å². The van der Waals surface area contributed by atoms with Crippen molar-refractivity contribution < 1.29 is 0 Å². The molecule has 1 aromatic heterocycles. The van der Waals surface area contributed by atoms with E-state index in [-0.39, 0.29) is 32.8 Å². The van der Waals surface area contributed by atoms with Crippen LogP contribution in [0.5, 0.6) is 0 Å². The van der Waals surface area contributed by atoms with Crippen LogP contribution < -0.4 is 11.1 Å². The minimum Gasteiger partial charge on any atom is -0.274 e. The van der Waals surface area contributed by atoms with E-state index in [0.29, 0.717) is 17.3 Å². The van der Waals surface area contributed by atoms with Gasteiger partial charge >= 0.3 is 0 Å². The SMILES string of the molecule is CCCCCCCCn1c(=O)c2c(c1=O)c1c3cc(C(C)(C)C)cc4cc(C(C)(C)C)cc(c43)c1c1c3cc(C(C)(C)C)cc4cc(C(C)(C)C)cc(c43)c21. The first-order valence-electron chi connectivity index (χ1n) is 21.0. The van der Waals surface area contributed by atoms with E-state index >= 15 is 9.59 Å². The molecule has 286 valence electrons. The molecule has 0 saturated carbocycles. The molecule has 55 heavy (non-hydrogen) atoms. The highest BCUT2D eigenvalue weighted by Gasteiger charge is 2.31. The van der Waals surface area contributed by atoms with Crippen LogP contribution in [0.15, 0.2) is 58.1 Å². The number of benzene rings is 5. The highest BCUT2D eigenvalue weighted by atomic mass is 16.2. The Morgan fingerprint density at radius 2 is 0.673 bits per heavy atom. The Labute approximate surface area is 327 Å². The first-order chi connectivity index (χ1) is 25.6. The number of unbranched alkanes of at least 4 members (excludes halogenated alkanes) is 5. The van der Waals surface area contributed by atoms with Gasteiger partial charge in [0.05, 0.1) is 10.8 Å². The summed E-state index contributed by atoms with van der Waals surface area (Å²) in [4.78, 5) is 30.3. The second-order valence-electron chi connectivity index (χ2n) is 21.1. The topological polar surface area (TPSA) is 39.1 Å². The minimum absolute atomic E-state index is 0.0883. The van der Waals surface area contributed by atoms with Crippen LogP contribution >= 0.6 is 0 Å². The van der Waals surface area contributed by atoms with Crippen molar-refractivity contribution in [1.29, 1.82) is 0 Å². The quantitative estimate of drug-likeness (QED) is 0.153. The molecule has 0 aliphatic rings. The molecule has 0 N–H and O–H groups in total. The van der Waals surface area contributed by atoms with E-state index < -0.39 is 0 Å². The summed E-state index contributed by atoms with van der Waals surface area (Å²) in [6, 6.07) is 19.0. The van der Waals surface area contributed by atoms with Crippen LogP contribution in [0.3, 0.4) is 0 Å². The second kappa shape index (κ2) is 12.4. The standard InChI is InChI=1S/C52H61NO2/c1-14-15-16-17-18-19-20-53-47(54)45-43-37-27-33(51(8,9)10)23-29-21-31(49(2,3)4)25-35(39(29)37)41(43)42-36-26-32(50(5,6)7)22-30-24-34(52(11,12)13)28-38(40(30)36)44(42)46(45)48(53)55/h21-28H,14-20H2,1-13H3. The fraction of sp³-hybridized carbons (Fsp3) is 0.462. The lowest BCUT2D eigenvalue weighted by Crippen LogP contribution is -2.25. The Balaban J connectivity index is 1.67. The van der Waals surface area contributed by atoms with Crippen molar-refractivity contribution in [3.8, 4) is 0 Å². The van der Waals surface area contributed by atoms with Gasteiger partial charge in [0.1, 0.15) is 0 Å². The fourth-order valence-corrected chi connectivity index (χ4v) is 9.42. The number of rotatable bonds is 7. The Morgan fingerprint density at radius 3 is 0.982 bits per heavy atom. The van der Waals surface area contributed by atoms with Crippen molar-refractivity contribution in [3.05, 3.63) is 91.5 Å². The van der Waals surface area contributed by atoms with Crippen molar-refractivity contribution in [2.45, 2.75) is 157 Å². The number of hydrogen-bond donors (Lipinski definition) is 0. The van der Waals surface area contributed by atoms with Crippen molar-refractivity contribution in [2.75, 3.05) is 0 Å². The van der Waals surface area contributed by atoms with E-state index in [2.05, 4.69) is 139 Å². The van der Waals surface area contributed by atoms with Gasteiger partial charge in [0.2, 0.25) is 0 Å². The van der Waals surface area contributed by atoms with Crippen molar-refractivity contribution in [3.63, 3.8) is 0 Å². The molecule has 8 rings (SSSR count). The predicted molar refractivity (Wildman–Crippen MR) is 241 cm³/mol. The molecule has 1 heterocycles. The zero-order valence-corrected chi connectivity index (χ0v) is 35.8. The van der Waals surface area contributed by atoms with E-state index in [9.17, 15) is 0 Å².